The Bertz CT molecular complexity index is 1210. The fraction of sp³-hybridized carbons (Fsp3) is 0.867. The molecule has 0 spiro atoms. The molecule has 0 radical (unpaired) electrons. The lowest BCUT2D eigenvalue weighted by molar-refractivity contribution is -0.234. The average molecular weight is 671 g/mol. The Labute approximate surface area is 298 Å². The van der Waals surface area contributed by atoms with Crippen molar-refractivity contribution in [1.82, 2.24) is 0 Å². The molecule has 1 aromatic rings. The lowest BCUT2D eigenvalue weighted by Gasteiger charge is -2.72. The maximum atomic E-state index is 7.06. The first-order chi connectivity index (χ1) is 20.3. The van der Waals surface area contributed by atoms with Gasteiger partial charge in [0.15, 0.2) is 0 Å². The van der Waals surface area contributed by atoms with Crippen molar-refractivity contribution >= 4 is 8.32 Å². The molecule has 0 aliphatic rings. The fourth-order valence-corrected chi connectivity index (χ4v) is 12.3. The molecule has 2 heteroatoms. The van der Waals surface area contributed by atoms with E-state index in [2.05, 4.69) is 204 Å². The van der Waals surface area contributed by atoms with E-state index in [-0.39, 0.29) is 59.2 Å². The van der Waals surface area contributed by atoms with Crippen LogP contribution in [0.5, 0.6) is 5.75 Å². The summed E-state index contributed by atoms with van der Waals surface area (Å²) in [5.41, 5.74) is 1.65. The Morgan fingerprint density at radius 3 is 0.979 bits per heavy atom. The predicted molar refractivity (Wildman–Crippen MR) is 216 cm³/mol. The molecule has 1 nitrogen and oxygen atoms in total. The number of aryl methyl sites for hydroxylation is 1. The minimum Gasteiger partial charge on any atom is -0.543 e. The van der Waals surface area contributed by atoms with Gasteiger partial charge in [0, 0.05) is 0 Å². The van der Waals surface area contributed by atoms with Crippen LogP contribution in [-0.4, -0.2) is 8.32 Å². The van der Waals surface area contributed by atoms with E-state index in [9.17, 15) is 0 Å². The van der Waals surface area contributed by atoms with Gasteiger partial charge in [-0.1, -0.05) is 185 Å². The van der Waals surface area contributed by atoms with Crippen molar-refractivity contribution in [2.24, 2.45) is 54.1 Å². The van der Waals surface area contributed by atoms with Crippen LogP contribution in [0.4, 0.5) is 0 Å². The zero-order chi connectivity index (χ0) is 38.1. The molecule has 0 bridgehead atoms. The van der Waals surface area contributed by atoms with E-state index in [4.69, 9.17) is 4.43 Å². The van der Waals surface area contributed by atoms with Gasteiger partial charge in [0.1, 0.15) is 5.75 Å². The zero-order valence-electron chi connectivity index (χ0n) is 37.1. The van der Waals surface area contributed by atoms with E-state index >= 15 is 0 Å². The highest BCUT2D eigenvalue weighted by atomic mass is 28.4. The molecule has 0 aliphatic heterocycles. The second kappa shape index (κ2) is 12.5. The second-order valence-electron chi connectivity index (χ2n) is 22.1. The Balaban J connectivity index is 3.82. The number of benzene rings is 1. The second-order valence-corrected chi connectivity index (χ2v) is 26.6. The van der Waals surface area contributed by atoms with Crippen LogP contribution in [-0.2, 0) is 6.42 Å². The first-order valence-corrected chi connectivity index (χ1v) is 22.0. The van der Waals surface area contributed by atoms with Crippen LogP contribution in [0.1, 0.15) is 178 Å². The van der Waals surface area contributed by atoms with Gasteiger partial charge in [-0.3, -0.25) is 0 Å². The van der Waals surface area contributed by atoms with Gasteiger partial charge in [-0.05, 0) is 96.4 Å². The smallest absolute Gasteiger partial charge is 0.251 e. The number of hydrogen-bond donors (Lipinski definition) is 0. The molecule has 1 rings (SSSR count). The van der Waals surface area contributed by atoms with E-state index in [1.807, 2.05) is 0 Å². The van der Waals surface area contributed by atoms with Gasteiger partial charge in [0.05, 0.1) is 0 Å². The van der Waals surface area contributed by atoms with Crippen molar-refractivity contribution in [2.75, 3.05) is 0 Å². The standard InChI is InChI=1S/C45H86OSi/c1-27-33-29-31-34(32-30-33)46-47(25,26)45(23,24)44(21,22)43(19,20)42(17,18)41(15,16)40(13,14)39(11,12)38(9,10)37(7,8)36(5,6)35(3,4)28-2/h29-32H,27-28H2,1-26H3. The molecular weight excluding hydrogens is 585 g/mol. The SMILES string of the molecule is CCc1ccc(O[Si](C)(C)C(C)(C)C(C)(C)C(C)(C)C(C)(C)C(C)(C)C(C)(C)C(C)(C)C(C)(C)C(C)(C)C(C)(C)C(C)(C)CC)cc1. The number of hydrogen-bond acceptors (Lipinski definition) is 1. The van der Waals surface area contributed by atoms with E-state index < -0.39 is 8.32 Å². The van der Waals surface area contributed by atoms with Gasteiger partial charge in [-0.2, -0.15) is 0 Å². The Morgan fingerprint density at radius 1 is 0.426 bits per heavy atom. The Morgan fingerprint density at radius 2 is 0.702 bits per heavy atom. The molecular formula is C45H86OSi. The van der Waals surface area contributed by atoms with Gasteiger partial charge in [-0.25, -0.2) is 0 Å². The quantitative estimate of drug-likeness (QED) is 0.169. The van der Waals surface area contributed by atoms with E-state index in [1.54, 1.807) is 0 Å². The van der Waals surface area contributed by atoms with Gasteiger partial charge >= 0.3 is 0 Å². The molecule has 47 heavy (non-hydrogen) atoms. The van der Waals surface area contributed by atoms with Gasteiger partial charge < -0.3 is 4.43 Å². The predicted octanol–water partition coefficient (Wildman–Crippen LogP) is 15.3. The molecule has 0 heterocycles. The molecule has 0 fully saturated rings. The van der Waals surface area contributed by atoms with Crippen molar-refractivity contribution in [1.29, 1.82) is 0 Å². The molecule has 0 amide bonds. The summed E-state index contributed by atoms with van der Waals surface area (Å²) in [4.78, 5) is 0. The Hall–Kier alpha value is -0.763. The monoisotopic (exact) mass is 671 g/mol. The average Bonchev–Trinajstić information content (AvgIpc) is 2.91. The molecule has 0 aliphatic carbocycles. The topological polar surface area (TPSA) is 9.23 Å². The molecule has 0 unspecified atom stereocenters. The highest BCUT2D eigenvalue weighted by Crippen LogP contribution is 2.76. The normalized spacial score (nSPS) is 16.0. The molecule has 1 aromatic carbocycles. The van der Waals surface area contributed by atoms with Gasteiger partial charge in [0.25, 0.3) is 8.32 Å². The minimum absolute atomic E-state index is 0.00286. The first-order valence-electron chi connectivity index (χ1n) is 19.1. The molecule has 0 aromatic heterocycles. The molecule has 0 saturated carbocycles. The van der Waals surface area contributed by atoms with Crippen molar-refractivity contribution in [3.8, 4) is 5.75 Å². The van der Waals surface area contributed by atoms with E-state index in [0.29, 0.717) is 0 Å². The van der Waals surface area contributed by atoms with Crippen LogP contribution in [0.25, 0.3) is 0 Å². The third kappa shape index (κ3) is 6.05. The summed E-state index contributed by atoms with van der Waals surface area (Å²) in [6.45, 7) is 65.8. The number of rotatable bonds is 15. The lowest BCUT2D eigenvalue weighted by Crippen LogP contribution is -2.67. The van der Waals surface area contributed by atoms with E-state index in [1.165, 1.54) is 12.0 Å². The molecule has 0 atom stereocenters. The summed E-state index contributed by atoms with van der Waals surface area (Å²) in [7, 11) is -2.26. The zero-order valence-corrected chi connectivity index (χ0v) is 38.1. The molecule has 0 N–H and O–H groups in total. The first kappa shape index (κ1) is 44.3. The van der Waals surface area contributed by atoms with Crippen LogP contribution in [0.15, 0.2) is 24.3 Å². The van der Waals surface area contributed by atoms with Crippen LogP contribution in [0, 0.1) is 54.1 Å². The Kier molecular flexibility index (Phi) is 11.7. The summed E-state index contributed by atoms with van der Waals surface area (Å²) in [6, 6.07) is 8.83. The van der Waals surface area contributed by atoms with Gasteiger partial charge in [0.2, 0.25) is 0 Å². The van der Waals surface area contributed by atoms with Crippen molar-refractivity contribution in [3.63, 3.8) is 0 Å². The largest absolute Gasteiger partial charge is 0.543 e. The van der Waals surface area contributed by atoms with Crippen molar-refractivity contribution < 1.29 is 4.43 Å². The van der Waals surface area contributed by atoms with Gasteiger partial charge in [-0.15, -0.1) is 0 Å². The summed E-state index contributed by atoms with van der Waals surface area (Å²) in [5, 5.41) is -0.0308. The lowest BCUT2D eigenvalue weighted by atomic mass is 9.33. The molecule has 276 valence electrons. The molecule has 0 saturated heterocycles. The highest BCUT2D eigenvalue weighted by Gasteiger charge is 2.69. The van der Waals surface area contributed by atoms with Crippen LogP contribution >= 0.6 is 0 Å². The fourth-order valence-electron chi connectivity index (χ4n) is 9.51. The van der Waals surface area contributed by atoms with Crippen molar-refractivity contribution in [3.05, 3.63) is 29.8 Å². The summed E-state index contributed by atoms with van der Waals surface area (Å²) in [5.74, 6) is 1.02. The summed E-state index contributed by atoms with van der Waals surface area (Å²) < 4.78 is 7.06. The third-order valence-corrected chi connectivity index (χ3v) is 24.2. The van der Waals surface area contributed by atoms with Crippen molar-refractivity contribution in [2.45, 2.75) is 197 Å². The van der Waals surface area contributed by atoms with Crippen LogP contribution in [0.2, 0.25) is 18.1 Å². The maximum absolute atomic E-state index is 7.06. The van der Waals surface area contributed by atoms with Crippen LogP contribution in [0.3, 0.4) is 0 Å². The minimum atomic E-state index is -2.26. The highest BCUT2D eigenvalue weighted by molar-refractivity contribution is 6.75. The summed E-state index contributed by atoms with van der Waals surface area (Å²) in [6.07, 6.45) is 2.23. The summed E-state index contributed by atoms with van der Waals surface area (Å²) >= 11 is 0. The van der Waals surface area contributed by atoms with Crippen LogP contribution < -0.4 is 4.43 Å². The van der Waals surface area contributed by atoms with E-state index in [0.717, 1.165) is 12.2 Å². The maximum Gasteiger partial charge on any atom is 0.251 e. The third-order valence-electron chi connectivity index (χ3n) is 19.8.